The zero-order chi connectivity index (χ0) is 53.6. The lowest BCUT2D eigenvalue weighted by Crippen LogP contribution is -2.41. The maximum atomic E-state index is 6.12. The minimum absolute atomic E-state index is 0.323. The van der Waals surface area contributed by atoms with Crippen LogP contribution < -0.4 is 5.46 Å². The van der Waals surface area contributed by atoms with Gasteiger partial charge in [0.05, 0.1) is 22.4 Å². The van der Waals surface area contributed by atoms with Gasteiger partial charge in [-0.1, -0.05) is 48.5 Å². The Hall–Kier alpha value is 8.83. The quantitative estimate of drug-likeness (QED) is 0.362. The van der Waals surface area contributed by atoms with Gasteiger partial charge in [0.2, 0.25) is 0 Å². The number of aromatic nitrogens is 1. The molecule has 0 N–H and O–H groups in total. The first kappa shape index (κ1) is 78.1. The molecule has 1 fully saturated rings. The number of rotatable bonds is 2. The van der Waals surface area contributed by atoms with E-state index in [1.54, 1.807) is 107 Å². The Labute approximate surface area is 582 Å². The molecule has 1 aromatic heterocycles. The largest absolute Gasteiger partial charge is 0.494 e. The third-order valence-electron chi connectivity index (χ3n) is 6.64. The van der Waals surface area contributed by atoms with Crippen molar-refractivity contribution in [1.82, 2.24) is 4.98 Å². The van der Waals surface area contributed by atoms with Crippen LogP contribution in [0.4, 0.5) is 0 Å². The molecule has 0 spiro atoms. The van der Waals surface area contributed by atoms with E-state index in [4.69, 9.17) is 36.7 Å². The molecule has 1 aliphatic heterocycles. The topological polar surface area (TPSA) is 31.4 Å². The van der Waals surface area contributed by atoms with Gasteiger partial charge in [0.15, 0.2) is 0 Å². The molecule has 0 unspecified atom stereocenters. The fourth-order valence-electron chi connectivity index (χ4n) is 3.54. The molecule has 2 aromatic carbocycles. The van der Waals surface area contributed by atoms with E-state index in [0.717, 1.165) is 27.6 Å². The highest BCUT2D eigenvalue weighted by Gasteiger charge is 2.51. The summed E-state index contributed by atoms with van der Waals surface area (Å²) in [6, 6.07) is 20.6. The second-order valence-corrected chi connectivity index (χ2v) is 95.8. The van der Waals surface area contributed by atoms with E-state index in [1.165, 1.54) is 17.8 Å². The van der Waals surface area contributed by atoms with Crippen molar-refractivity contribution >= 4 is 472 Å². The summed E-state index contributed by atoms with van der Waals surface area (Å²) in [7, 11) is 85.4. The molecule has 0 radical (unpaired) electrons. The number of benzene rings is 2. The number of para-hydroxylation sites is 1. The number of nitrogens with zero attached hydrogens (tertiary/aromatic N) is 1. The predicted octanol–water partition coefficient (Wildman–Crippen LogP) is 4.08. The summed E-state index contributed by atoms with van der Waals surface area (Å²) in [5.41, 5.74) is 3.45. The van der Waals surface area contributed by atoms with Crippen LogP contribution in [0, 0.1) is 0 Å². The highest BCUT2D eigenvalue weighted by molar-refractivity contribution is 8.82. The number of hydrogen-bond donors (Lipinski definition) is 0. The van der Waals surface area contributed by atoms with Crippen molar-refractivity contribution in [1.29, 1.82) is 0 Å². The van der Waals surface area contributed by atoms with Crippen LogP contribution in [0.25, 0.3) is 22.2 Å². The highest BCUT2D eigenvalue weighted by atomic mass is 33.5. The monoisotopic (exact) mass is 1930 g/mol. The molecule has 0 amide bonds. The Morgan fingerprint density at radius 2 is 0.573 bits per heavy atom. The molecule has 0 aliphatic carbocycles. The third-order valence-corrected chi connectivity index (χ3v) is 111. The van der Waals surface area contributed by atoms with E-state index in [-0.39, 0.29) is 18.3 Å². The fraction of sp³-hybridized carbons (Fsp3) is 0.286. The molecule has 4 rings (SSSR count). The van der Waals surface area contributed by atoms with E-state index in [9.17, 15) is 0 Å². The van der Waals surface area contributed by atoms with Crippen LogP contribution in [-0.4, -0.2) is 23.3 Å². The van der Waals surface area contributed by atoms with Crippen molar-refractivity contribution in [3.8, 4) is 11.3 Å². The number of hydrogen-bond acceptors (Lipinski definition) is 5. The normalized spacial score (nSPS) is 11.4. The maximum absolute atomic E-state index is 6.12. The Kier molecular flexibility index (Phi) is 57.9. The van der Waals surface area contributed by atoms with E-state index in [0.29, 0.717) is 0 Å². The molecule has 0 atom stereocenters. The molecule has 75 heavy (non-hydrogen) atoms. The second-order valence-electron chi connectivity index (χ2n) is 10.9. The average Bonchev–Trinajstić information content (AvgIpc) is 3.65. The molecule has 426 valence electrons. The summed E-state index contributed by atoms with van der Waals surface area (Å²) in [6.07, 6.45) is 0. The predicted molar refractivity (Wildman–Crippen MR) is 471 cm³/mol. The van der Waals surface area contributed by atoms with Gasteiger partial charge in [-0.25, -0.2) is 4.98 Å². The molecule has 3 nitrogen and oxygen atoms in total. The van der Waals surface area contributed by atoms with Gasteiger partial charge in [0, 0.05) is 460 Å². The van der Waals surface area contributed by atoms with Gasteiger partial charge in [-0.15, -0.1) is 0 Å². The van der Waals surface area contributed by atoms with Crippen LogP contribution in [0.2, 0.25) is 0 Å². The lowest BCUT2D eigenvalue weighted by atomic mass is 9.79. The van der Waals surface area contributed by atoms with Crippen LogP contribution in [-0.2, 0) is 458 Å². The van der Waals surface area contributed by atoms with Crippen LogP contribution in [0.3, 0.4) is 0 Å². The van der Waals surface area contributed by atoms with Gasteiger partial charge < -0.3 is 9.31 Å². The standard InChI is InChI=1S/C21H22BNO2.S50/c1-20(2)21(3,4)25-22(24-20)17-12-9-16(10-13-17)19-14-11-15-7-5-6-8-18(15)23-19;1-3-5-7-9-11-13-15-17-19-21-23-25-27-29-31-33-35-37-39-41-43-45-47-49-50-48-46-44-42-40-38-36-34-32-30-28-26-24-22-20-18-16-14-12-10-8-6-4-2/h5-14H,1-4H3;. The van der Waals surface area contributed by atoms with Gasteiger partial charge >= 0.3 is 7.12 Å². The Balaban J connectivity index is 0.000000485. The van der Waals surface area contributed by atoms with Crippen LogP contribution in [0.5, 0.6) is 0 Å². The molecule has 0 bridgehead atoms. The van der Waals surface area contributed by atoms with E-state index < -0.39 is 0 Å². The zero-order valence-electron chi connectivity index (χ0n) is 35.5. The van der Waals surface area contributed by atoms with Crippen molar-refractivity contribution in [2.75, 3.05) is 0 Å². The van der Waals surface area contributed by atoms with Gasteiger partial charge in [-0.3, -0.25) is 0 Å². The van der Waals surface area contributed by atoms with Gasteiger partial charge in [0.25, 0.3) is 0 Å². The highest BCUT2D eigenvalue weighted by Crippen LogP contribution is 2.36. The maximum Gasteiger partial charge on any atom is 0.494 e. The lowest BCUT2D eigenvalue weighted by molar-refractivity contribution is 0.00578. The van der Waals surface area contributed by atoms with Crippen molar-refractivity contribution in [2.24, 2.45) is 0 Å². The Morgan fingerprint density at radius 1 is 0.320 bits per heavy atom. The average molecular weight is 1930 g/mol. The fourth-order valence-corrected chi connectivity index (χ4v) is 130. The molecule has 0 saturated carbocycles. The molecule has 1 saturated heterocycles. The zero-order valence-corrected chi connectivity index (χ0v) is 76.4. The first-order chi connectivity index (χ1) is 36.8. The number of pyridine rings is 1. The molecular formula is C21H22BNO2S50. The Bertz CT molecular complexity index is 4670. The van der Waals surface area contributed by atoms with Crippen LogP contribution in [0.1, 0.15) is 27.7 Å². The first-order valence-electron chi connectivity index (χ1n) is 16.8. The summed E-state index contributed by atoms with van der Waals surface area (Å²) in [5.74, 6) is 0. The van der Waals surface area contributed by atoms with Crippen molar-refractivity contribution < 1.29 is 9.31 Å². The first-order valence-corrected chi connectivity index (χ1v) is 82.2. The molecule has 2 heterocycles. The lowest BCUT2D eigenvalue weighted by Gasteiger charge is -2.32. The molecule has 3 aromatic rings. The van der Waals surface area contributed by atoms with Crippen LogP contribution >= 0.6 is 0 Å². The minimum atomic E-state index is -0.330. The summed E-state index contributed by atoms with van der Waals surface area (Å²) < 4.78 is 12.2. The van der Waals surface area contributed by atoms with Crippen molar-refractivity contribution in [3.63, 3.8) is 0 Å². The van der Waals surface area contributed by atoms with Crippen molar-refractivity contribution in [3.05, 3.63) is 60.7 Å². The second kappa shape index (κ2) is 55.7. The molecule has 1 aliphatic rings. The van der Waals surface area contributed by atoms with Crippen LogP contribution in [0.15, 0.2) is 60.7 Å². The van der Waals surface area contributed by atoms with Gasteiger partial charge in [-0.05, 0) is 45.3 Å². The van der Waals surface area contributed by atoms with Gasteiger partial charge in [0.1, 0.15) is 0 Å². The van der Waals surface area contributed by atoms with E-state index >= 15 is 0 Å². The summed E-state index contributed by atoms with van der Waals surface area (Å²) >= 11 is 9.62. The van der Waals surface area contributed by atoms with E-state index in [1.807, 2.05) is 320 Å². The number of fused-ring (bicyclic) bond motifs is 1. The SMILES string of the molecule is CC1(C)OB(c2ccc(-c3ccc4ccccc4n3)cc2)OC1(C)C.S=S=S=S=S=S=S=S=S=S=S=S=S=S=S=S=S=S=S=S=S=S=S=S=S=S=S=S=S=S=S=S=S=S=S=S=S=S=S=S=S=S=S=S=S=S=S=S=S=S. The van der Waals surface area contributed by atoms with Crippen molar-refractivity contribution in [2.45, 2.75) is 38.9 Å². The summed E-state index contributed by atoms with van der Waals surface area (Å²) in [4.78, 5) is 4.76. The Morgan fingerprint density at radius 3 is 0.840 bits per heavy atom. The molecule has 54 heteroatoms. The summed E-state index contributed by atoms with van der Waals surface area (Å²) in [6.45, 7) is 8.28. The minimum Gasteiger partial charge on any atom is -0.399 e. The summed E-state index contributed by atoms with van der Waals surface area (Å²) in [5, 5.41) is 1.15. The van der Waals surface area contributed by atoms with E-state index in [2.05, 4.69) is 70.2 Å². The third kappa shape index (κ3) is 42.5. The smallest absolute Gasteiger partial charge is 0.399 e. The van der Waals surface area contributed by atoms with Gasteiger partial charge in [-0.2, -0.15) is 0 Å². The molecular weight excluding hydrogens is 1910 g/mol.